The Kier molecular flexibility index (Phi) is 6.27. The summed E-state index contributed by atoms with van der Waals surface area (Å²) < 4.78 is 5.75. The van der Waals surface area contributed by atoms with Gasteiger partial charge in [-0.1, -0.05) is 49.4 Å². The number of rotatable bonds is 7. The molecule has 0 aliphatic heterocycles. The highest BCUT2D eigenvalue weighted by atomic mass is 35.5. The van der Waals surface area contributed by atoms with E-state index < -0.39 is 0 Å². The monoisotopic (exact) mass is 324 g/mol. The second kappa shape index (κ2) is 8.20. The topological polar surface area (TPSA) is 35.0 Å². The molecule has 0 atom stereocenters. The zero-order valence-corrected chi connectivity index (χ0v) is 13.5. The quantitative estimate of drug-likeness (QED) is 0.504. The molecular weight excluding hydrogens is 307 g/mol. The van der Waals surface area contributed by atoms with Crippen LogP contribution in [-0.2, 0) is 0 Å². The maximum absolute atomic E-state index is 6.10. The van der Waals surface area contributed by atoms with E-state index >= 15 is 0 Å². The van der Waals surface area contributed by atoms with Gasteiger partial charge in [-0.2, -0.15) is 0 Å². The third kappa shape index (κ3) is 4.87. The van der Waals surface area contributed by atoms with Gasteiger partial charge in [0.1, 0.15) is 16.1 Å². The van der Waals surface area contributed by atoms with Gasteiger partial charge in [-0.3, -0.25) is 4.98 Å². The fourth-order valence-electron chi connectivity index (χ4n) is 1.97. The van der Waals surface area contributed by atoms with E-state index in [1.54, 1.807) is 12.3 Å². The summed E-state index contributed by atoms with van der Waals surface area (Å²) in [6, 6.07) is 7.23. The molecule has 0 N–H and O–H groups in total. The van der Waals surface area contributed by atoms with Crippen molar-refractivity contribution in [1.82, 2.24) is 9.97 Å². The molecule has 0 spiro atoms. The van der Waals surface area contributed by atoms with Gasteiger partial charge in [0.25, 0.3) is 0 Å². The molecular formula is C16H18Cl2N2O. The minimum atomic E-state index is 0.343. The summed E-state index contributed by atoms with van der Waals surface area (Å²) in [5.41, 5.74) is 1.48. The Labute approximate surface area is 135 Å². The highest BCUT2D eigenvalue weighted by molar-refractivity contribution is 6.34. The molecule has 0 bridgehead atoms. The van der Waals surface area contributed by atoms with E-state index in [1.807, 2.05) is 18.2 Å². The first-order valence-corrected chi connectivity index (χ1v) is 7.87. The first kappa shape index (κ1) is 16.1. The maximum atomic E-state index is 6.10. The molecule has 0 radical (unpaired) electrons. The second-order valence-corrected chi connectivity index (χ2v) is 5.50. The summed E-state index contributed by atoms with van der Waals surface area (Å²) in [4.78, 5) is 8.34. The SMILES string of the molecule is CCCCCCOc1ccnc(-c2ccc(Cl)nc2Cl)c1. The molecule has 0 aliphatic carbocycles. The van der Waals surface area contributed by atoms with Gasteiger partial charge in [-0.15, -0.1) is 0 Å². The summed E-state index contributed by atoms with van der Waals surface area (Å²) in [6.45, 7) is 2.91. The Bertz CT molecular complexity index is 590. The zero-order valence-electron chi connectivity index (χ0n) is 12.0. The molecule has 0 saturated heterocycles. The van der Waals surface area contributed by atoms with E-state index in [9.17, 15) is 0 Å². The lowest BCUT2D eigenvalue weighted by molar-refractivity contribution is 0.305. The van der Waals surface area contributed by atoms with Crippen LogP contribution in [0.25, 0.3) is 11.3 Å². The Morgan fingerprint density at radius 2 is 1.95 bits per heavy atom. The van der Waals surface area contributed by atoms with Crippen molar-refractivity contribution in [1.29, 1.82) is 0 Å². The molecule has 21 heavy (non-hydrogen) atoms. The van der Waals surface area contributed by atoms with Crippen LogP contribution in [0.3, 0.4) is 0 Å². The molecule has 112 valence electrons. The number of ether oxygens (including phenoxy) is 1. The Morgan fingerprint density at radius 3 is 2.71 bits per heavy atom. The van der Waals surface area contributed by atoms with Crippen molar-refractivity contribution in [3.05, 3.63) is 40.8 Å². The fraction of sp³-hybridized carbons (Fsp3) is 0.375. The van der Waals surface area contributed by atoms with E-state index in [0.29, 0.717) is 10.3 Å². The van der Waals surface area contributed by atoms with Crippen LogP contribution in [-0.4, -0.2) is 16.6 Å². The summed E-state index contributed by atoms with van der Waals surface area (Å²) in [6.07, 6.45) is 6.44. The van der Waals surface area contributed by atoms with E-state index in [-0.39, 0.29) is 0 Å². The van der Waals surface area contributed by atoms with Gasteiger partial charge in [0.2, 0.25) is 0 Å². The van der Waals surface area contributed by atoms with Crippen LogP contribution in [0.1, 0.15) is 32.6 Å². The average Bonchev–Trinajstić information content (AvgIpc) is 2.47. The number of hydrogen-bond donors (Lipinski definition) is 0. The van der Waals surface area contributed by atoms with E-state index in [4.69, 9.17) is 27.9 Å². The number of hydrogen-bond acceptors (Lipinski definition) is 3. The van der Waals surface area contributed by atoms with Gasteiger partial charge < -0.3 is 4.74 Å². The molecule has 0 fully saturated rings. The molecule has 0 aliphatic rings. The number of unbranched alkanes of at least 4 members (excludes halogenated alkanes) is 3. The van der Waals surface area contributed by atoms with Crippen LogP contribution < -0.4 is 4.74 Å². The van der Waals surface area contributed by atoms with Crippen molar-refractivity contribution in [2.75, 3.05) is 6.61 Å². The largest absolute Gasteiger partial charge is 0.493 e. The molecule has 2 aromatic rings. The molecule has 2 rings (SSSR count). The average molecular weight is 325 g/mol. The Hall–Kier alpha value is -1.32. The second-order valence-electron chi connectivity index (χ2n) is 4.76. The highest BCUT2D eigenvalue weighted by Gasteiger charge is 2.08. The van der Waals surface area contributed by atoms with Gasteiger partial charge in [-0.25, -0.2) is 4.98 Å². The lowest BCUT2D eigenvalue weighted by Gasteiger charge is -2.08. The minimum Gasteiger partial charge on any atom is -0.493 e. The van der Waals surface area contributed by atoms with Crippen molar-refractivity contribution in [3.63, 3.8) is 0 Å². The van der Waals surface area contributed by atoms with Gasteiger partial charge >= 0.3 is 0 Å². The van der Waals surface area contributed by atoms with Gasteiger partial charge in [-0.05, 0) is 24.6 Å². The molecule has 3 nitrogen and oxygen atoms in total. The van der Waals surface area contributed by atoms with E-state index in [1.165, 1.54) is 19.3 Å². The number of halogens is 2. The molecule has 5 heteroatoms. The predicted molar refractivity (Wildman–Crippen MR) is 87.1 cm³/mol. The molecule has 2 aromatic heterocycles. The summed E-state index contributed by atoms with van der Waals surface area (Å²) in [5.74, 6) is 0.794. The number of aromatic nitrogens is 2. The maximum Gasteiger partial charge on any atom is 0.140 e. The van der Waals surface area contributed by atoms with Crippen LogP contribution in [0.5, 0.6) is 5.75 Å². The van der Waals surface area contributed by atoms with Gasteiger partial charge in [0.15, 0.2) is 0 Å². The van der Waals surface area contributed by atoms with Crippen LogP contribution in [0, 0.1) is 0 Å². The van der Waals surface area contributed by atoms with Crippen molar-refractivity contribution >= 4 is 23.2 Å². The molecule has 0 aromatic carbocycles. The summed E-state index contributed by atoms with van der Waals surface area (Å²) in [5, 5.41) is 0.710. The minimum absolute atomic E-state index is 0.343. The van der Waals surface area contributed by atoms with Gasteiger partial charge in [0, 0.05) is 17.8 Å². The normalized spacial score (nSPS) is 10.6. The van der Waals surface area contributed by atoms with Crippen molar-refractivity contribution in [2.24, 2.45) is 0 Å². The Morgan fingerprint density at radius 1 is 1.10 bits per heavy atom. The smallest absolute Gasteiger partial charge is 0.140 e. The van der Waals surface area contributed by atoms with Crippen molar-refractivity contribution in [2.45, 2.75) is 32.6 Å². The van der Waals surface area contributed by atoms with Crippen LogP contribution in [0.2, 0.25) is 10.3 Å². The number of nitrogens with zero attached hydrogens (tertiary/aromatic N) is 2. The highest BCUT2D eigenvalue weighted by Crippen LogP contribution is 2.28. The lowest BCUT2D eigenvalue weighted by Crippen LogP contribution is -1.98. The van der Waals surface area contributed by atoms with E-state index in [2.05, 4.69) is 16.9 Å². The fourth-order valence-corrected chi connectivity index (χ4v) is 2.41. The molecule has 0 unspecified atom stereocenters. The third-order valence-corrected chi connectivity index (χ3v) is 3.59. The van der Waals surface area contributed by atoms with Crippen molar-refractivity contribution in [3.8, 4) is 17.0 Å². The Balaban J connectivity index is 2.03. The van der Waals surface area contributed by atoms with Gasteiger partial charge in [0.05, 0.1) is 12.3 Å². The zero-order chi connectivity index (χ0) is 15.1. The van der Waals surface area contributed by atoms with E-state index in [0.717, 1.165) is 30.0 Å². The number of pyridine rings is 2. The molecule has 0 amide bonds. The standard InChI is InChI=1S/C16H18Cl2N2O/c1-2-3-4-5-10-21-12-8-9-19-14(11-12)13-6-7-15(17)20-16(13)18/h6-9,11H,2-5,10H2,1H3. The molecule has 2 heterocycles. The predicted octanol–water partition coefficient (Wildman–Crippen LogP) is 5.41. The summed E-state index contributed by atoms with van der Waals surface area (Å²) >= 11 is 11.9. The first-order chi connectivity index (χ1) is 10.2. The lowest BCUT2D eigenvalue weighted by atomic mass is 10.2. The first-order valence-electron chi connectivity index (χ1n) is 7.12. The van der Waals surface area contributed by atoms with Crippen LogP contribution in [0.4, 0.5) is 0 Å². The third-order valence-electron chi connectivity index (χ3n) is 3.09. The van der Waals surface area contributed by atoms with Crippen LogP contribution >= 0.6 is 23.2 Å². The molecule has 0 saturated carbocycles. The van der Waals surface area contributed by atoms with Crippen molar-refractivity contribution < 1.29 is 4.74 Å². The summed E-state index contributed by atoms with van der Waals surface area (Å²) in [7, 11) is 0. The van der Waals surface area contributed by atoms with Crippen LogP contribution in [0.15, 0.2) is 30.5 Å².